The van der Waals surface area contributed by atoms with Gasteiger partial charge in [-0.3, -0.25) is 0 Å². The van der Waals surface area contributed by atoms with Gasteiger partial charge >= 0.3 is 12.9 Å². The number of phosphoric acid groups is 1. The van der Waals surface area contributed by atoms with Gasteiger partial charge in [-0.15, -0.1) is 14.8 Å². The molecule has 1 aromatic carbocycles. The van der Waals surface area contributed by atoms with Crippen LogP contribution in [-0.2, 0) is 13.9 Å². The molecule has 9 heteroatoms. The molecule has 0 heterocycles. The second kappa shape index (κ2) is 4.74. The van der Waals surface area contributed by atoms with Gasteiger partial charge in [0.15, 0.2) is 0 Å². The SMILES string of the molecule is O=[N+]([O-])OP(=O)(OO)Oc1ccccc1. The van der Waals surface area contributed by atoms with Crippen molar-refractivity contribution < 1.29 is 28.7 Å². The van der Waals surface area contributed by atoms with E-state index in [2.05, 4.69) is 13.8 Å². The summed E-state index contributed by atoms with van der Waals surface area (Å²) in [4.78, 5) is 9.90. The first kappa shape index (κ1) is 11.4. The molecule has 0 aliphatic rings. The number of nitrogens with zero attached hydrogens (tertiary/aromatic N) is 1. The normalized spacial score (nSPS) is 13.9. The zero-order valence-corrected chi connectivity index (χ0v) is 8.07. The number of hydrogen-bond donors (Lipinski definition) is 1. The summed E-state index contributed by atoms with van der Waals surface area (Å²) in [5.41, 5.74) is 0. The fraction of sp³-hybridized carbons (Fsp3) is 0. The Labute approximate surface area is 83.7 Å². The van der Waals surface area contributed by atoms with Crippen molar-refractivity contribution in [3.05, 3.63) is 40.4 Å². The van der Waals surface area contributed by atoms with Crippen LogP contribution in [-0.4, -0.2) is 10.3 Å². The smallest absolute Gasteiger partial charge is 0.404 e. The number of benzene rings is 1. The minimum atomic E-state index is -4.62. The van der Waals surface area contributed by atoms with Gasteiger partial charge in [0.2, 0.25) is 0 Å². The Kier molecular flexibility index (Phi) is 3.62. The standard InChI is InChI=1S/C6H6NO7P/c8-7(9)13-15(11,14-10)12-6-4-2-1-3-5-6/h1-5,10H. The third kappa shape index (κ3) is 3.55. The van der Waals surface area contributed by atoms with Crippen molar-refractivity contribution in [3.63, 3.8) is 0 Å². The van der Waals surface area contributed by atoms with Crippen LogP contribution in [0.15, 0.2) is 30.3 Å². The molecule has 0 aliphatic carbocycles. The quantitative estimate of drug-likeness (QED) is 0.359. The summed E-state index contributed by atoms with van der Waals surface area (Å²) in [6, 6.07) is 7.42. The number of hydrogen-bond acceptors (Lipinski definition) is 7. The maximum absolute atomic E-state index is 11.2. The summed E-state index contributed by atoms with van der Waals surface area (Å²) in [6.45, 7) is 0. The summed E-state index contributed by atoms with van der Waals surface area (Å²) >= 11 is 0. The highest BCUT2D eigenvalue weighted by Crippen LogP contribution is 2.48. The molecule has 1 atom stereocenters. The zero-order valence-electron chi connectivity index (χ0n) is 7.18. The number of rotatable bonds is 5. The lowest BCUT2D eigenvalue weighted by molar-refractivity contribution is -0.719. The molecule has 0 radical (unpaired) electrons. The molecule has 1 rings (SSSR count). The lowest BCUT2D eigenvalue weighted by atomic mass is 10.3. The minimum absolute atomic E-state index is 0.00302. The van der Waals surface area contributed by atoms with E-state index in [1.807, 2.05) is 0 Å². The molecule has 1 N–H and O–H groups in total. The molecule has 15 heavy (non-hydrogen) atoms. The topological polar surface area (TPSA) is 108 Å². The van der Waals surface area contributed by atoms with Gasteiger partial charge < -0.3 is 4.52 Å². The molecular formula is C6H6NO7P. The van der Waals surface area contributed by atoms with Gasteiger partial charge in [-0.2, -0.15) is 4.62 Å². The molecule has 1 unspecified atom stereocenters. The highest BCUT2D eigenvalue weighted by molar-refractivity contribution is 7.48. The third-order valence-electron chi connectivity index (χ3n) is 1.23. The van der Waals surface area contributed by atoms with Crippen molar-refractivity contribution in [2.45, 2.75) is 0 Å². The Morgan fingerprint density at radius 3 is 2.40 bits per heavy atom. The highest BCUT2D eigenvalue weighted by Gasteiger charge is 2.32. The van der Waals surface area contributed by atoms with Gasteiger partial charge in [-0.1, -0.05) is 18.2 Å². The molecule has 82 valence electrons. The van der Waals surface area contributed by atoms with Crippen molar-refractivity contribution in [2.75, 3.05) is 0 Å². The van der Waals surface area contributed by atoms with Gasteiger partial charge in [-0.05, 0) is 12.1 Å². The van der Waals surface area contributed by atoms with Gasteiger partial charge in [0.25, 0.3) is 0 Å². The van der Waals surface area contributed by atoms with E-state index in [0.717, 1.165) is 0 Å². The first-order valence-electron chi connectivity index (χ1n) is 3.58. The Hall–Kier alpha value is -1.63. The molecule has 0 amide bonds. The monoisotopic (exact) mass is 235 g/mol. The first-order valence-corrected chi connectivity index (χ1v) is 5.04. The second-order valence-electron chi connectivity index (χ2n) is 2.24. The van der Waals surface area contributed by atoms with Crippen LogP contribution in [0, 0.1) is 10.1 Å². The van der Waals surface area contributed by atoms with E-state index in [0.29, 0.717) is 0 Å². The van der Waals surface area contributed by atoms with Crippen LogP contribution in [0.4, 0.5) is 0 Å². The minimum Gasteiger partial charge on any atom is -0.404 e. The molecule has 0 bridgehead atoms. The van der Waals surface area contributed by atoms with Crippen LogP contribution in [0.25, 0.3) is 0 Å². The third-order valence-corrected chi connectivity index (χ3v) is 2.19. The van der Waals surface area contributed by atoms with Crippen LogP contribution in [0.1, 0.15) is 0 Å². The molecule has 0 saturated heterocycles. The summed E-state index contributed by atoms with van der Waals surface area (Å²) in [5.74, 6) is -0.00302. The molecule has 0 fully saturated rings. The maximum atomic E-state index is 11.2. The van der Waals surface area contributed by atoms with Crippen LogP contribution in [0.5, 0.6) is 5.75 Å². The van der Waals surface area contributed by atoms with E-state index in [-0.39, 0.29) is 5.75 Å². The van der Waals surface area contributed by atoms with E-state index >= 15 is 0 Å². The molecule has 8 nitrogen and oxygen atoms in total. The average Bonchev–Trinajstić information content (AvgIpc) is 2.18. The molecular weight excluding hydrogens is 229 g/mol. The highest BCUT2D eigenvalue weighted by atomic mass is 31.2. The van der Waals surface area contributed by atoms with Gasteiger partial charge in [-0.25, -0.2) is 9.82 Å². The Morgan fingerprint density at radius 2 is 1.93 bits per heavy atom. The van der Waals surface area contributed by atoms with Crippen molar-refractivity contribution in [2.24, 2.45) is 0 Å². The van der Waals surface area contributed by atoms with Crippen LogP contribution in [0.3, 0.4) is 0 Å². The largest absolute Gasteiger partial charge is 0.587 e. The molecule has 0 aromatic heterocycles. The lowest BCUT2D eigenvalue weighted by Crippen LogP contribution is -2.05. The average molecular weight is 235 g/mol. The summed E-state index contributed by atoms with van der Waals surface area (Å²) in [5, 5.41) is 16.7. The van der Waals surface area contributed by atoms with Crippen molar-refractivity contribution >= 4 is 7.82 Å². The van der Waals surface area contributed by atoms with Crippen molar-refractivity contribution in [3.8, 4) is 5.75 Å². The van der Waals surface area contributed by atoms with E-state index < -0.39 is 12.9 Å². The van der Waals surface area contributed by atoms with Crippen LogP contribution >= 0.6 is 7.82 Å². The zero-order chi connectivity index (χ0) is 11.3. The fourth-order valence-corrected chi connectivity index (χ4v) is 1.38. The maximum Gasteiger partial charge on any atom is 0.587 e. The molecule has 0 saturated carbocycles. The van der Waals surface area contributed by atoms with Gasteiger partial charge in [0.05, 0.1) is 0 Å². The second-order valence-corrected chi connectivity index (χ2v) is 3.64. The Bertz CT molecular complexity index is 380. The lowest BCUT2D eigenvalue weighted by Gasteiger charge is -2.11. The Balaban J connectivity index is 2.77. The molecule has 0 aliphatic heterocycles. The van der Waals surface area contributed by atoms with Crippen molar-refractivity contribution in [1.29, 1.82) is 0 Å². The predicted molar refractivity (Wildman–Crippen MR) is 46.5 cm³/mol. The predicted octanol–water partition coefficient (Wildman–Crippen LogP) is 1.87. The molecule has 0 spiro atoms. The summed E-state index contributed by atoms with van der Waals surface area (Å²) in [7, 11) is -4.62. The van der Waals surface area contributed by atoms with Crippen LogP contribution < -0.4 is 4.52 Å². The van der Waals surface area contributed by atoms with E-state index in [9.17, 15) is 14.7 Å². The van der Waals surface area contributed by atoms with Gasteiger partial charge in [0, 0.05) is 0 Å². The van der Waals surface area contributed by atoms with Crippen LogP contribution in [0.2, 0.25) is 0 Å². The van der Waals surface area contributed by atoms with E-state index in [1.54, 1.807) is 6.07 Å². The Morgan fingerprint density at radius 1 is 1.33 bits per heavy atom. The molecule has 1 aromatic rings. The van der Waals surface area contributed by atoms with E-state index in [4.69, 9.17) is 5.26 Å². The van der Waals surface area contributed by atoms with E-state index in [1.165, 1.54) is 24.3 Å². The fourth-order valence-electron chi connectivity index (χ4n) is 0.740. The first-order chi connectivity index (χ1) is 7.06. The van der Waals surface area contributed by atoms with Crippen molar-refractivity contribution in [1.82, 2.24) is 0 Å². The summed E-state index contributed by atoms with van der Waals surface area (Å²) in [6.07, 6.45) is 0. The summed E-state index contributed by atoms with van der Waals surface area (Å²) < 4.78 is 22.6. The van der Waals surface area contributed by atoms with Gasteiger partial charge in [0.1, 0.15) is 5.75 Å². The number of para-hydroxylation sites is 1.